The first-order valence-electron chi connectivity index (χ1n) is 17.4. The molecule has 0 unspecified atom stereocenters. The molecule has 2 saturated heterocycles. The lowest BCUT2D eigenvalue weighted by atomic mass is 9.97. The maximum atomic E-state index is 14.6. The molecule has 11 nitrogen and oxygen atoms in total. The van der Waals surface area contributed by atoms with Gasteiger partial charge >= 0.3 is 6.03 Å². The molecule has 51 heavy (non-hydrogen) atoms. The van der Waals surface area contributed by atoms with E-state index in [-0.39, 0.29) is 68.4 Å². The number of carbonyl (C=O) groups excluding carboxylic acids is 4. The molecule has 2 N–H and O–H groups in total. The van der Waals surface area contributed by atoms with Crippen LogP contribution in [0.15, 0.2) is 104 Å². The molecule has 0 spiro atoms. The lowest BCUT2D eigenvalue weighted by molar-refractivity contribution is -0.189. The van der Waals surface area contributed by atoms with E-state index in [1.807, 2.05) is 59.3 Å². The molecular formula is C40H42N6O5. The smallest absolute Gasteiger partial charge is 0.334 e. The molecule has 11 heteroatoms. The van der Waals surface area contributed by atoms with Gasteiger partial charge in [0, 0.05) is 55.7 Å². The van der Waals surface area contributed by atoms with Gasteiger partial charge in [-0.1, -0.05) is 72.8 Å². The summed E-state index contributed by atoms with van der Waals surface area (Å²) in [5, 5.41) is 17.0. The fourth-order valence-electron chi connectivity index (χ4n) is 7.37. The van der Waals surface area contributed by atoms with E-state index >= 15 is 0 Å². The molecule has 3 aromatic carbocycles. The van der Waals surface area contributed by atoms with Crippen LogP contribution in [0.25, 0.3) is 10.9 Å². The van der Waals surface area contributed by atoms with Crippen LogP contribution >= 0.6 is 0 Å². The van der Waals surface area contributed by atoms with Gasteiger partial charge in [-0.25, -0.2) is 14.8 Å². The fourth-order valence-corrected chi connectivity index (χ4v) is 7.37. The van der Waals surface area contributed by atoms with Crippen molar-refractivity contribution in [3.05, 3.63) is 127 Å². The van der Waals surface area contributed by atoms with E-state index in [0.29, 0.717) is 12.1 Å². The Balaban J connectivity index is 1.27. The third-order valence-electron chi connectivity index (χ3n) is 9.91. The van der Waals surface area contributed by atoms with E-state index in [9.17, 15) is 24.3 Å². The van der Waals surface area contributed by atoms with Gasteiger partial charge in [0.05, 0.1) is 18.6 Å². The zero-order valence-corrected chi connectivity index (χ0v) is 28.5. The summed E-state index contributed by atoms with van der Waals surface area (Å²) in [6.07, 6.45) is 6.50. The van der Waals surface area contributed by atoms with Crippen molar-refractivity contribution < 1.29 is 24.3 Å². The quantitative estimate of drug-likeness (QED) is 0.162. The number of hydrogen-bond donors (Lipinski definition) is 2. The minimum atomic E-state index is -0.915. The summed E-state index contributed by atoms with van der Waals surface area (Å²) in [5.74, 6) is -0.232. The highest BCUT2D eigenvalue weighted by atomic mass is 16.3. The number of aromatic nitrogens is 1. The van der Waals surface area contributed by atoms with Crippen LogP contribution in [0.5, 0.6) is 5.75 Å². The molecule has 1 aliphatic carbocycles. The van der Waals surface area contributed by atoms with E-state index < -0.39 is 18.2 Å². The molecule has 3 heterocycles. The Morgan fingerprint density at radius 2 is 1.65 bits per heavy atom. The van der Waals surface area contributed by atoms with Crippen LogP contribution in [0.2, 0.25) is 0 Å². The minimum Gasteiger partial charge on any atom is -0.508 e. The molecule has 1 saturated carbocycles. The number of amides is 4. The van der Waals surface area contributed by atoms with Gasteiger partial charge in [0.2, 0.25) is 11.8 Å². The molecule has 3 aliphatic rings. The average molecular weight is 687 g/mol. The molecule has 2 atom stereocenters. The second-order valence-corrected chi connectivity index (χ2v) is 13.4. The normalized spacial score (nSPS) is 19.3. The maximum Gasteiger partial charge on any atom is 0.334 e. The van der Waals surface area contributed by atoms with Crippen LogP contribution < -0.4 is 5.32 Å². The van der Waals surface area contributed by atoms with Gasteiger partial charge in [0.25, 0.3) is 0 Å². The molecule has 3 fully saturated rings. The van der Waals surface area contributed by atoms with Crippen molar-refractivity contribution in [1.82, 2.24) is 29.7 Å². The maximum absolute atomic E-state index is 14.6. The second-order valence-electron chi connectivity index (χ2n) is 13.4. The number of allylic oxidation sites excluding steroid dienone is 1. The van der Waals surface area contributed by atoms with E-state index in [1.165, 1.54) is 0 Å². The molecule has 4 aromatic rings. The van der Waals surface area contributed by atoms with Crippen LogP contribution in [0.1, 0.15) is 39.9 Å². The predicted octanol–water partition coefficient (Wildman–Crippen LogP) is 4.86. The average Bonchev–Trinajstić information content (AvgIpc) is 3.92. The monoisotopic (exact) mass is 686 g/mol. The lowest BCUT2D eigenvalue weighted by Crippen LogP contribution is -2.76. The molecule has 2 aliphatic heterocycles. The van der Waals surface area contributed by atoms with Crippen molar-refractivity contribution in [2.45, 2.75) is 51.1 Å². The summed E-state index contributed by atoms with van der Waals surface area (Å²) in [7, 11) is 0. The molecule has 262 valence electrons. The van der Waals surface area contributed by atoms with Gasteiger partial charge < -0.3 is 24.8 Å². The summed E-state index contributed by atoms with van der Waals surface area (Å²) in [6.45, 7) is 8.97. The van der Waals surface area contributed by atoms with Gasteiger partial charge in [-0.05, 0) is 41.7 Å². The number of urea groups is 1. The Hall–Kier alpha value is -5.68. The van der Waals surface area contributed by atoms with E-state index in [4.69, 9.17) is 0 Å². The molecule has 0 bridgehead atoms. The van der Waals surface area contributed by atoms with Crippen molar-refractivity contribution in [2.75, 3.05) is 19.6 Å². The van der Waals surface area contributed by atoms with E-state index in [0.717, 1.165) is 40.4 Å². The molecule has 4 amide bonds. The van der Waals surface area contributed by atoms with Crippen molar-refractivity contribution in [3.63, 3.8) is 0 Å². The highest BCUT2D eigenvalue weighted by Crippen LogP contribution is 2.37. The first-order valence-corrected chi connectivity index (χ1v) is 17.4. The van der Waals surface area contributed by atoms with Gasteiger partial charge in [0.15, 0.2) is 5.78 Å². The van der Waals surface area contributed by atoms with Gasteiger partial charge in [-0.15, -0.1) is 13.2 Å². The van der Waals surface area contributed by atoms with Crippen molar-refractivity contribution in [2.24, 2.45) is 5.92 Å². The predicted molar refractivity (Wildman–Crippen MR) is 193 cm³/mol. The summed E-state index contributed by atoms with van der Waals surface area (Å²) in [5.41, 5.74) is 4.07. The number of Topliss-reactive ketones (excluding diaryl/α,β-unsaturated/α-hetero) is 1. The Labute approximate surface area is 297 Å². The van der Waals surface area contributed by atoms with E-state index in [1.54, 1.807) is 56.2 Å². The third kappa shape index (κ3) is 6.77. The molecular weight excluding hydrogens is 644 g/mol. The van der Waals surface area contributed by atoms with E-state index in [2.05, 4.69) is 18.5 Å². The Bertz CT molecular complexity index is 1990. The number of benzene rings is 3. The van der Waals surface area contributed by atoms with Crippen LogP contribution in [-0.4, -0.2) is 85.0 Å². The summed E-state index contributed by atoms with van der Waals surface area (Å²) >= 11 is 0. The summed E-state index contributed by atoms with van der Waals surface area (Å²) < 4.78 is 2.02. The number of nitrogens with zero attached hydrogens (tertiary/aromatic N) is 5. The Morgan fingerprint density at radius 3 is 2.35 bits per heavy atom. The standard InChI is InChI=1S/C40H42N6O5/c1-3-19-42-24-33(38(49)29-15-16-29)32-12-8-11-30(37(32)42)23-43-25-35-45(34(39(43)50)21-27-13-17-31(47)18-14-27)36(48)26-44(20-4-2)46(35)40(51)41-22-28-9-6-5-7-10-28/h3-14,17-18,24,29,34-35,47H,1-2,15-16,19-23,25-26H2,(H,41,51)/t34-,35-/m0/s1. The number of para-hydroxylation sites is 1. The van der Waals surface area contributed by atoms with Crippen molar-refractivity contribution >= 4 is 34.5 Å². The number of fused-ring (bicyclic) bond motifs is 2. The zero-order chi connectivity index (χ0) is 35.6. The Kier molecular flexibility index (Phi) is 9.46. The van der Waals surface area contributed by atoms with Crippen molar-refractivity contribution in [3.8, 4) is 5.75 Å². The number of nitrogens with one attached hydrogen (secondary N) is 1. The number of hydrazine groups is 1. The van der Waals surface area contributed by atoms with Crippen LogP contribution in [0.4, 0.5) is 4.79 Å². The molecule has 0 radical (unpaired) electrons. The van der Waals surface area contributed by atoms with Gasteiger partial charge in [-0.3, -0.25) is 14.4 Å². The first kappa shape index (κ1) is 33.8. The third-order valence-corrected chi connectivity index (χ3v) is 9.91. The minimum absolute atomic E-state index is 0.0492. The lowest BCUT2D eigenvalue weighted by Gasteiger charge is -2.55. The molecule has 1 aromatic heterocycles. The van der Waals surface area contributed by atoms with Crippen LogP contribution in [0, 0.1) is 5.92 Å². The fraction of sp³-hybridized carbons (Fsp3) is 0.300. The number of phenols is 1. The SMILES string of the molecule is C=CCN1CC(=O)N2[C@@H](Cc3ccc(O)cc3)C(=O)N(Cc3cccc4c(C(=O)C5CC5)cn(CC=C)c34)C[C@@H]2N1C(=O)NCc1ccccc1. The topological polar surface area (TPSA) is 118 Å². The highest BCUT2D eigenvalue weighted by molar-refractivity contribution is 6.10. The second kappa shape index (κ2) is 14.3. The van der Waals surface area contributed by atoms with Gasteiger partial charge in [0.1, 0.15) is 18.0 Å². The van der Waals surface area contributed by atoms with Gasteiger partial charge in [-0.2, -0.15) is 0 Å². The number of ketones is 1. The van der Waals surface area contributed by atoms with Crippen LogP contribution in [-0.2, 0) is 35.6 Å². The Morgan fingerprint density at radius 1 is 0.902 bits per heavy atom. The summed E-state index contributed by atoms with van der Waals surface area (Å²) in [4.78, 5) is 59.3. The number of hydrogen-bond acceptors (Lipinski definition) is 6. The van der Waals surface area contributed by atoms with Crippen molar-refractivity contribution in [1.29, 1.82) is 0 Å². The summed E-state index contributed by atoms with van der Waals surface area (Å²) in [6, 6.07) is 20.7. The number of carbonyl (C=O) groups is 4. The van der Waals surface area contributed by atoms with Crippen LogP contribution in [0.3, 0.4) is 0 Å². The molecule has 7 rings (SSSR count). The number of rotatable bonds is 12. The number of piperazine rings is 1. The number of phenolic OH excluding ortho intramolecular Hbond substituents is 1. The highest BCUT2D eigenvalue weighted by Gasteiger charge is 2.51. The zero-order valence-electron chi connectivity index (χ0n) is 28.5. The number of aromatic hydroxyl groups is 1. The first-order chi connectivity index (χ1) is 24.8. The largest absolute Gasteiger partial charge is 0.508 e.